The number of aromatic nitrogens is 3. The molecule has 0 spiro atoms. The summed E-state index contributed by atoms with van der Waals surface area (Å²) < 4.78 is 6.21. The smallest absolute Gasteiger partial charge is 0.309 e. The van der Waals surface area contributed by atoms with Crippen molar-refractivity contribution < 1.29 is 24.2 Å². The number of nitrogens with one attached hydrogen (secondary N) is 1. The molecule has 1 saturated heterocycles. The Morgan fingerprint density at radius 3 is 2.42 bits per heavy atom. The van der Waals surface area contributed by atoms with Gasteiger partial charge >= 0.3 is 11.9 Å². The molecule has 3 heterocycles. The number of aromatic amines is 1. The number of nitrogens with zero attached hydrogens (tertiary/aromatic N) is 3. The highest BCUT2D eigenvalue weighted by molar-refractivity contribution is 5.85. The quantitative estimate of drug-likeness (QED) is 0.202. The number of pyridine rings is 1. The number of allylic oxidation sites excluding steroid dienone is 1. The SMILES string of the molecule is C=C(C)[C@@H]1CC[C@]2(C(=O)N3CCC[C@@H]3c3ncc(-c4cccnc4)[nH]3)CC[C@]3(C)[C@H](CC[C@@H]4[C@@]5(C)CC[C@H](OC(=O)CC(C)(C)C(=O)O)C(C)(C)[C@@H]5CC[C@]43C)[C@@H]12. The average Bonchev–Trinajstić information content (AvgIpc) is 3.92. The van der Waals surface area contributed by atoms with E-state index >= 15 is 4.79 Å². The molecule has 57 heavy (non-hydrogen) atoms. The fourth-order valence-corrected chi connectivity index (χ4v) is 15.1. The van der Waals surface area contributed by atoms with Crippen molar-refractivity contribution in [1.82, 2.24) is 19.9 Å². The van der Waals surface area contributed by atoms with Gasteiger partial charge in [-0.25, -0.2) is 4.98 Å². The number of carbonyl (C=O) groups is 3. The third-order valence-corrected chi connectivity index (χ3v) is 18.3. The molecule has 5 aliphatic carbocycles. The van der Waals surface area contributed by atoms with Gasteiger partial charge in [0.1, 0.15) is 11.9 Å². The minimum absolute atomic E-state index is 0.0416. The Morgan fingerprint density at radius 2 is 1.72 bits per heavy atom. The lowest BCUT2D eigenvalue weighted by molar-refractivity contribution is -0.250. The molecule has 0 aromatic carbocycles. The van der Waals surface area contributed by atoms with E-state index in [1.54, 1.807) is 20.0 Å². The standard InChI is InChI=1S/C48H68N4O5/c1-29(2)31-16-21-48(41(54)52-25-11-13-34(52)40-50-28-33(51-40)30-12-10-24-49-27-30)23-22-46(8)32(39(31)48)14-15-36-45(7)19-18-37(57-38(53)26-43(3,4)42(55)56)44(5,6)35(45)17-20-47(36,46)9/h10,12,24,27-28,31-32,34-37,39H,1,11,13-23,25-26H2,2-9H3,(H,50,51)(H,55,56)/t31-,32+,34+,35-,36+,37-,39+,45-,46+,47+,48-/m0/s1. The van der Waals surface area contributed by atoms with Gasteiger partial charge in [0.15, 0.2) is 0 Å². The minimum atomic E-state index is -1.16. The number of likely N-dealkylation sites (tertiary alicyclic amines) is 1. The first kappa shape index (κ1) is 40.3. The number of amides is 1. The number of carboxylic acid groups (broad SMARTS) is 1. The molecule has 1 aliphatic heterocycles. The number of H-pyrrole nitrogens is 1. The van der Waals surface area contributed by atoms with Gasteiger partial charge in [-0.05, 0) is 156 Å². The molecule has 2 N–H and O–H groups in total. The molecule has 2 aromatic heterocycles. The summed E-state index contributed by atoms with van der Waals surface area (Å²) in [6.45, 7) is 23.2. The zero-order valence-corrected chi connectivity index (χ0v) is 36.0. The van der Waals surface area contributed by atoms with Crippen LogP contribution in [0.2, 0.25) is 0 Å². The summed E-state index contributed by atoms with van der Waals surface area (Å²) in [5.74, 6) is 1.89. The number of rotatable bonds is 8. The van der Waals surface area contributed by atoms with E-state index in [2.05, 4.69) is 63.0 Å². The molecule has 6 aliphatic rings. The second-order valence-electron chi connectivity index (χ2n) is 21.6. The molecule has 0 unspecified atom stereocenters. The van der Waals surface area contributed by atoms with Crippen molar-refractivity contribution in [2.24, 2.45) is 62.1 Å². The summed E-state index contributed by atoms with van der Waals surface area (Å²) in [5, 5.41) is 9.66. The number of imidazole rings is 1. The summed E-state index contributed by atoms with van der Waals surface area (Å²) in [4.78, 5) is 55.4. The Bertz CT molecular complexity index is 1920. The van der Waals surface area contributed by atoms with Crippen molar-refractivity contribution in [3.8, 4) is 11.3 Å². The first-order chi connectivity index (χ1) is 26.8. The van der Waals surface area contributed by atoms with Crippen molar-refractivity contribution in [3.05, 3.63) is 48.7 Å². The maximum absolute atomic E-state index is 15.5. The summed E-state index contributed by atoms with van der Waals surface area (Å²) in [5.41, 5.74) is 1.74. The molecule has 0 bridgehead atoms. The lowest BCUT2D eigenvalue weighted by atomic mass is 9.32. The van der Waals surface area contributed by atoms with Crippen LogP contribution >= 0.6 is 0 Å². The predicted octanol–water partition coefficient (Wildman–Crippen LogP) is 10.2. The van der Waals surface area contributed by atoms with Gasteiger partial charge in [-0.15, -0.1) is 0 Å². The van der Waals surface area contributed by atoms with Gasteiger partial charge in [0.25, 0.3) is 0 Å². The van der Waals surface area contributed by atoms with Gasteiger partial charge in [-0.3, -0.25) is 19.4 Å². The average molecular weight is 781 g/mol. The van der Waals surface area contributed by atoms with Crippen LogP contribution in [0.3, 0.4) is 0 Å². The van der Waals surface area contributed by atoms with E-state index in [-0.39, 0.29) is 51.6 Å². The highest BCUT2D eigenvalue weighted by Gasteiger charge is 2.72. The normalized spacial score (nSPS) is 39.6. The van der Waals surface area contributed by atoms with E-state index in [0.29, 0.717) is 29.6 Å². The number of fused-ring (bicyclic) bond motifs is 7. The van der Waals surface area contributed by atoms with Gasteiger partial charge in [-0.2, -0.15) is 0 Å². The van der Waals surface area contributed by atoms with Crippen LogP contribution in [-0.2, 0) is 19.1 Å². The second-order valence-corrected chi connectivity index (χ2v) is 21.6. The van der Waals surface area contributed by atoms with Crippen LogP contribution in [0.1, 0.15) is 151 Å². The number of carbonyl (C=O) groups excluding carboxylic acids is 2. The highest BCUT2D eigenvalue weighted by atomic mass is 16.5. The first-order valence-electron chi connectivity index (χ1n) is 22.1. The predicted molar refractivity (Wildman–Crippen MR) is 220 cm³/mol. The van der Waals surface area contributed by atoms with Gasteiger partial charge in [0.2, 0.25) is 5.91 Å². The Morgan fingerprint density at radius 1 is 0.947 bits per heavy atom. The molecule has 5 saturated carbocycles. The number of hydrogen-bond donors (Lipinski definition) is 2. The van der Waals surface area contributed by atoms with Crippen molar-refractivity contribution in [2.45, 2.75) is 151 Å². The van der Waals surface area contributed by atoms with Gasteiger partial charge in [0.05, 0.1) is 35.2 Å². The van der Waals surface area contributed by atoms with Crippen LogP contribution in [0, 0.1) is 62.1 Å². The number of esters is 1. The van der Waals surface area contributed by atoms with Gasteiger partial charge in [-0.1, -0.05) is 46.8 Å². The van der Waals surface area contributed by atoms with Crippen LogP contribution in [0.4, 0.5) is 0 Å². The molecule has 1 amide bonds. The molecule has 11 atom stereocenters. The van der Waals surface area contributed by atoms with Gasteiger partial charge in [0, 0.05) is 29.9 Å². The van der Waals surface area contributed by atoms with Crippen LogP contribution in [0.5, 0.6) is 0 Å². The molecule has 9 nitrogen and oxygen atoms in total. The van der Waals surface area contributed by atoms with E-state index in [1.165, 1.54) is 5.57 Å². The number of carboxylic acids is 1. The molecule has 0 radical (unpaired) electrons. The molecule has 2 aromatic rings. The third kappa shape index (κ3) is 5.99. The van der Waals surface area contributed by atoms with E-state index in [0.717, 1.165) is 101 Å². The van der Waals surface area contributed by atoms with E-state index in [4.69, 9.17) is 9.72 Å². The Hall–Kier alpha value is -3.49. The van der Waals surface area contributed by atoms with Gasteiger partial charge < -0.3 is 19.7 Å². The van der Waals surface area contributed by atoms with Crippen LogP contribution < -0.4 is 0 Å². The molecule has 8 rings (SSSR count). The minimum Gasteiger partial charge on any atom is -0.481 e. The number of aliphatic carboxylic acids is 1. The monoisotopic (exact) mass is 781 g/mol. The van der Waals surface area contributed by atoms with Crippen LogP contribution in [0.15, 0.2) is 42.9 Å². The third-order valence-electron chi connectivity index (χ3n) is 18.3. The van der Waals surface area contributed by atoms with Crippen molar-refractivity contribution in [1.29, 1.82) is 0 Å². The topological polar surface area (TPSA) is 125 Å². The fourth-order valence-electron chi connectivity index (χ4n) is 15.1. The largest absolute Gasteiger partial charge is 0.481 e. The van der Waals surface area contributed by atoms with Crippen molar-refractivity contribution >= 4 is 17.8 Å². The maximum Gasteiger partial charge on any atom is 0.309 e. The van der Waals surface area contributed by atoms with E-state index in [1.807, 2.05) is 24.5 Å². The van der Waals surface area contributed by atoms with E-state index in [9.17, 15) is 14.7 Å². The first-order valence-corrected chi connectivity index (χ1v) is 22.1. The van der Waals surface area contributed by atoms with Crippen molar-refractivity contribution in [3.63, 3.8) is 0 Å². The zero-order chi connectivity index (χ0) is 40.9. The van der Waals surface area contributed by atoms with Crippen LogP contribution in [0.25, 0.3) is 11.3 Å². The maximum atomic E-state index is 15.5. The molecular formula is C48H68N4O5. The fraction of sp³-hybridized carbons (Fsp3) is 0.729. The molecule has 9 heteroatoms. The summed E-state index contributed by atoms with van der Waals surface area (Å²) in [6, 6.07) is 3.94. The van der Waals surface area contributed by atoms with Crippen molar-refractivity contribution in [2.75, 3.05) is 6.54 Å². The number of hydrogen-bond acceptors (Lipinski definition) is 6. The molecule has 310 valence electrons. The summed E-state index contributed by atoms with van der Waals surface area (Å²) in [6.07, 6.45) is 17.4. The van der Waals surface area contributed by atoms with Crippen LogP contribution in [-0.4, -0.2) is 55.5 Å². The lowest BCUT2D eigenvalue weighted by Crippen LogP contribution is -2.67. The highest BCUT2D eigenvalue weighted by Crippen LogP contribution is 2.78. The number of ether oxygens (including phenoxy) is 1. The van der Waals surface area contributed by atoms with E-state index < -0.39 is 17.4 Å². The lowest BCUT2D eigenvalue weighted by Gasteiger charge is -2.73. The zero-order valence-electron chi connectivity index (χ0n) is 36.0. The summed E-state index contributed by atoms with van der Waals surface area (Å²) >= 11 is 0. The second kappa shape index (κ2) is 13.8. The molecular weight excluding hydrogens is 713 g/mol. The molecule has 6 fully saturated rings. The summed E-state index contributed by atoms with van der Waals surface area (Å²) in [7, 11) is 0. The Labute approximate surface area is 340 Å². The Balaban J connectivity index is 1.06. The Kier molecular flexibility index (Phi) is 9.75.